The number of piperidine rings is 2. The highest BCUT2D eigenvalue weighted by Gasteiger charge is 2.27. The number of nitrogens with zero attached hydrogens (tertiary/aromatic N) is 2. The molecule has 1 aromatic rings. The Labute approximate surface area is 158 Å². The average molecular weight is 387 g/mol. The van der Waals surface area contributed by atoms with Crippen molar-refractivity contribution in [2.24, 2.45) is 5.92 Å². The first-order valence-electron chi connectivity index (χ1n) is 8.83. The van der Waals surface area contributed by atoms with E-state index >= 15 is 0 Å². The van der Waals surface area contributed by atoms with Crippen molar-refractivity contribution in [3.8, 4) is 5.75 Å². The number of carbonyl (C=O) groups is 1. The molecule has 138 valence electrons. The Hall–Kier alpha value is -1.17. The van der Waals surface area contributed by atoms with Gasteiger partial charge in [0.15, 0.2) is 0 Å². The smallest absolute Gasteiger partial charge is 0.407 e. The van der Waals surface area contributed by atoms with Gasteiger partial charge < -0.3 is 19.6 Å². The molecule has 2 aliphatic heterocycles. The summed E-state index contributed by atoms with van der Waals surface area (Å²) in [6.45, 7) is 4.27. The Morgan fingerprint density at radius 3 is 2.60 bits per heavy atom. The average Bonchev–Trinajstić information content (AvgIpc) is 2.60. The second kappa shape index (κ2) is 8.47. The number of halogens is 2. The van der Waals surface area contributed by atoms with Crippen LogP contribution in [0.15, 0.2) is 18.2 Å². The van der Waals surface area contributed by atoms with Gasteiger partial charge in [-0.15, -0.1) is 0 Å². The van der Waals surface area contributed by atoms with Crippen LogP contribution in [0.2, 0.25) is 10.0 Å². The molecule has 2 heterocycles. The van der Waals surface area contributed by atoms with E-state index in [2.05, 4.69) is 4.90 Å². The molecule has 25 heavy (non-hydrogen) atoms. The second-order valence-corrected chi connectivity index (χ2v) is 7.74. The topological polar surface area (TPSA) is 53.0 Å². The van der Waals surface area contributed by atoms with Crippen LogP contribution in [0.1, 0.15) is 25.7 Å². The summed E-state index contributed by atoms with van der Waals surface area (Å²) in [6, 6.07) is 5.37. The molecule has 5 nitrogen and oxygen atoms in total. The molecule has 1 N–H and O–H groups in total. The van der Waals surface area contributed by atoms with Gasteiger partial charge in [0, 0.05) is 38.8 Å². The first-order chi connectivity index (χ1) is 12.0. The number of carboxylic acid groups (broad SMARTS) is 1. The van der Waals surface area contributed by atoms with Gasteiger partial charge in [0.05, 0.1) is 10.0 Å². The van der Waals surface area contributed by atoms with Gasteiger partial charge >= 0.3 is 6.09 Å². The number of rotatable bonds is 4. The molecule has 1 unspecified atom stereocenters. The van der Waals surface area contributed by atoms with E-state index in [9.17, 15) is 4.79 Å². The van der Waals surface area contributed by atoms with Gasteiger partial charge in [-0.05, 0) is 43.7 Å². The third kappa shape index (κ3) is 5.16. The molecule has 1 amide bonds. The zero-order chi connectivity index (χ0) is 17.8. The molecule has 2 saturated heterocycles. The zero-order valence-electron chi connectivity index (χ0n) is 14.2. The Bertz CT molecular complexity index is 606. The summed E-state index contributed by atoms with van der Waals surface area (Å²) in [6.07, 6.45) is 3.41. The molecule has 1 aromatic carbocycles. The highest BCUT2D eigenvalue weighted by molar-refractivity contribution is 6.42. The van der Waals surface area contributed by atoms with Crippen LogP contribution >= 0.6 is 23.2 Å². The third-order valence-electron chi connectivity index (χ3n) is 5.03. The van der Waals surface area contributed by atoms with Gasteiger partial charge in [-0.2, -0.15) is 0 Å². The number of likely N-dealkylation sites (tertiary alicyclic amines) is 2. The van der Waals surface area contributed by atoms with Crippen molar-refractivity contribution in [2.45, 2.75) is 31.8 Å². The molecule has 2 fully saturated rings. The molecule has 0 saturated carbocycles. The molecule has 0 bridgehead atoms. The minimum atomic E-state index is -0.793. The maximum atomic E-state index is 11.1. The van der Waals surface area contributed by atoms with Gasteiger partial charge in [0.25, 0.3) is 0 Å². The van der Waals surface area contributed by atoms with Crippen molar-refractivity contribution in [2.75, 3.05) is 32.7 Å². The fourth-order valence-corrected chi connectivity index (χ4v) is 3.99. The van der Waals surface area contributed by atoms with Crippen LogP contribution in [-0.2, 0) is 0 Å². The normalized spacial score (nSPS) is 22.8. The van der Waals surface area contributed by atoms with Crippen LogP contribution in [0.3, 0.4) is 0 Å². The lowest BCUT2D eigenvalue weighted by molar-refractivity contribution is 0.0727. The summed E-state index contributed by atoms with van der Waals surface area (Å²) in [4.78, 5) is 15.1. The van der Waals surface area contributed by atoms with Crippen molar-refractivity contribution in [3.05, 3.63) is 28.2 Å². The number of hydrogen-bond acceptors (Lipinski definition) is 3. The lowest BCUT2D eigenvalue weighted by atomic mass is 9.96. The molecule has 2 aliphatic rings. The number of amides is 1. The number of benzene rings is 1. The lowest BCUT2D eigenvalue weighted by Crippen LogP contribution is -2.46. The Balaban J connectivity index is 1.44. The van der Waals surface area contributed by atoms with Gasteiger partial charge in [-0.25, -0.2) is 4.79 Å². The molecular weight excluding hydrogens is 363 g/mol. The number of hydrogen-bond donors (Lipinski definition) is 1. The van der Waals surface area contributed by atoms with Crippen molar-refractivity contribution in [1.29, 1.82) is 0 Å². The zero-order valence-corrected chi connectivity index (χ0v) is 15.7. The monoisotopic (exact) mass is 386 g/mol. The van der Waals surface area contributed by atoms with E-state index in [0.29, 0.717) is 29.1 Å². The fourth-order valence-electron chi connectivity index (χ4n) is 3.71. The van der Waals surface area contributed by atoms with E-state index in [1.165, 1.54) is 0 Å². The quantitative estimate of drug-likeness (QED) is 0.840. The summed E-state index contributed by atoms with van der Waals surface area (Å²) in [7, 11) is 0. The highest BCUT2D eigenvalue weighted by Crippen LogP contribution is 2.28. The fraction of sp³-hybridized carbons (Fsp3) is 0.611. The van der Waals surface area contributed by atoms with Crippen LogP contribution in [0, 0.1) is 5.92 Å². The summed E-state index contributed by atoms with van der Waals surface area (Å²) >= 11 is 12.0. The summed E-state index contributed by atoms with van der Waals surface area (Å²) in [5, 5.41) is 10.2. The van der Waals surface area contributed by atoms with Gasteiger partial charge in [0.2, 0.25) is 0 Å². The first-order valence-corrected chi connectivity index (χ1v) is 9.59. The molecule has 3 rings (SSSR count). The Morgan fingerprint density at radius 2 is 1.92 bits per heavy atom. The standard InChI is InChI=1S/C18H24Cl2N2O3/c19-16-4-3-15(10-17(16)20)25-14-5-8-21(9-6-14)11-13-2-1-7-22(12-13)18(23)24/h3-4,10,13-14H,1-2,5-9,11-12H2,(H,23,24). The molecule has 0 radical (unpaired) electrons. The molecule has 0 aliphatic carbocycles. The van der Waals surface area contributed by atoms with Crippen molar-refractivity contribution >= 4 is 29.3 Å². The molecule has 0 aromatic heterocycles. The predicted molar refractivity (Wildman–Crippen MR) is 98.9 cm³/mol. The van der Waals surface area contributed by atoms with Crippen LogP contribution in [0.5, 0.6) is 5.75 Å². The van der Waals surface area contributed by atoms with Crippen LogP contribution in [0.25, 0.3) is 0 Å². The SMILES string of the molecule is O=C(O)N1CCCC(CN2CCC(Oc3ccc(Cl)c(Cl)c3)CC2)C1. The van der Waals surface area contributed by atoms with Crippen LogP contribution in [0.4, 0.5) is 4.79 Å². The van der Waals surface area contributed by atoms with E-state index in [1.54, 1.807) is 17.0 Å². The van der Waals surface area contributed by atoms with Crippen LogP contribution < -0.4 is 4.74 Å². The summed E-state index contributed by atoms with van der Waals surface area (Å²) in [5.41, 5.74) is 0. The van der Waals surface area contributed by atoms with Crippen LogP contribution in [-0.4, -0.2) is 59.8 Å². The van der Waals surface area contributed by atoms with Gasteiger partial charge in [-0.1, -0.05) is 23.2 Å². The third-order valence-corrected chi connectivity index (χ3v) is 5.77. The minimum absolute atomic E-state index is 0.190. The van der Waals surface area contributed by atoms with E-state index in [0.717, 1.165) is 51.1 Å². The van der Waals surface area contributed by atoms with Crippen molar-refractivity contribution in [3.63, 3.8) is 0 Å². The Morgan fingerprint density at radius 1 is 1.16 bits per heavy atom. The van der Waals surface area contributed by atoms with Gasteiger partial charge in [0.1, 0.15) is 11.9 Å². The molecule has 0 spiro atoms. The highest BCUT2D eigenvalue weighted by atomic mass is 35.5. The molecule has 7 heteroatoms. The summed E-state index contributed by atoms with van der Waals surface area (Å²) in [5.74, 6) is 1.20. The van der Waals surface area contributed by atoms with E-state index < -0.39 is 6.09 Å². The second-order valence-electron chi connectivity index (χ2n) is 6.93. The maximum absolute atomic E-state index is 11.1. The predicted octanol–water partition coefficient (Wildman–Crippen LogP) is 4.23. The number of ether oxygens (including phenoxy) is 1. The van der Waals surface area contributed by atoms with E-state index in [1.807, 2.05) is 6.07 Å². The molecule has 1 atom stereocenters. The van der Waals surface area contributed by atoms with E-state index in [4.69, 9.17) is 33.0 Å². The minimum Gasteiger partial charge on any atom is -0.490 e. The lowest BCUT2D eigenvalue weighted by Gasteiger charge is -2.37. The van der Waals surface area contributed by atoms with Gasteiger partial charge in [-0.3, -0.25) is 0 Å². The van der Waals surface area contributed by atoms with Crippen molar-refractivity contribution < 1.29 is 14.6 Å². The molecular formula is C18H24Cl2N2O3. The largest absolute Gasteiger partial charge is 0.490 e. The maximum Gasteiger partial charge on any atom is 0.407 e. The van der Waals surface area contributed by atoms with E-state index in [-0.39, 0.29) is 6.10 Å². The summed E-state index contributed by atoms with van der Waals surface area (Å²) < 4.78 is 6.02. The Kier molecular flexibility index (Phi) is 6.31. The first kappa shape index (κ1) is 18.6. The van der Waals surface area contributed by atoms with Crippen molar-refractivity contribution in [1.82, 2.24) is 9.80 Å².